The minimum atomic E-state index is -0.557. The lowest BCUT2D eigenvalue weighted by Gasteiger charge is -2.32. The molecule has 1 aromatic rings. The van der Waals surface area contributed by atoms with Crippen LogP contribution >= 0.6 is 0 Å². The van der Waals surface area contributed by atoms with Gasteiger partial charge < -0.3 is 16.2 Å². The van der Waals surface area contributed by atoms with Gasteiger partial charge in [-0.05, 0) is 43.4 Å². The Morgan fingerprint density at radius 1 is 1.25 bits per heavy atom. The summed E-state index contributed by atoms with van der Waals surface area (Å²) in [6.45, 7) is 2.63. The Hall–Kier alpha value is -1.50. The van der Waals surface area contributed by atoms with Crippen LogP contribution in [0.15, 0.2) is 24.3 Å². The van der Waals surface area contributed by atoms with Gasteiger partial charge in [-0.15, -0.1) is 0 Å². The van der Waals surface area contributed by atoms with E-state index in [1.807, 2.05) is 12.1 Å². The lowest BCUT2D eigenvalue weighted by atomic mass is 10.0. The van der Waals surface area contributed by atoms with E-state index in [9.17, 15) is 14.3 Å². The molecule has 1 saturated heterocycles. The summed E-state index contributed by atoms with van der Waals surface area (Å²) in [4.78, 5) is 14.6. The van der Waals surface area contributed by atoms with Crippen LogP contribution in [0, 0.1) is 11.7 Å². The summed E-state index contributed by atoms with van der Waals surface area (Å²) in [5.41, 5.74) is 6.88. The molecule has 1 aliphatic carbocycles. The Bertz CT molecular complexity index is 548. The number of piperidine rings is 1. The number of carbonyl (C=O) groups excluding carboxylic acids is 1. The summed E-state index contributed by atoms with van der Waals surface area (Å²) in [6, 6.07) is 6.52. The van der Waals surface area contributed by atoms with Crippen molar-refractivity contribution in [2.45, 2.75) is 50.4 Å². The highest BCUT2D eigenvalue weighted by Crippen LogP contribution is 2.25. The summed E-state index contributed by atoms with van der Waals surface area (Å²) in [7, 11) is 0. The number of likely N-dealkylation sites (tertiary alicyclic amines) is 1. The Morgan fingerprint density at radius 3 is 2.50 bits per heavy atom. The molecule has 5 nitrogen and oxygen atoms in total. The molecule has 6 heteroatoms. The zero-order chi connectivity index (χ0) is 17.1. The van der Waals surface area contributed by atoms with Gasteiger partial charge in [0.1, 0.15) is 5.82 Å². The molecule has 24 heavy (non-hydrogen) atoms. The van der Waals surface area contributed by atoms with E-state index in [4.69, 9.17) is 5.73 Å². The molecule has 0 bridgehead atoms. The van der Waals surface area contributed by atoms with Gasteiger partial charge >= 0.3 is 0 Å². The quantitative estimate of drug-likeness (QED) is 0.767. The van der Waals surface area contributed by atoms with Gasteiger partial charge in [-0.1, -0.05) is 12.1 Å². The second-order valence-electron chi connectivity index (χ2n) is 7.09. The number of amides is 1. The van der Waals surface area contributed by atoms with Crippen molar-refractivity contribution < 1.29 is 14.3 Å². The number of nitrogens with one attached hydrogen (secondary N) is 1. The molecule has 3 rings (SSSR count). The molecule has 0 radical (unpaired) electrons. The number of nitrogens with two attached hydrogens (primary N) is 1. The molecule has 1 heterocycles. The predicted molar refractivity (Wildman–Crippen MR) is 89.5 cm³/mol. The Kier molecular flexibility index (Phi) is 5.48. The SMILES string of the molecule is N[C@H]1C[C@H](C(=O)NC2CCN(Cc3ccc(F)cc3)CC2)C[C@@H]1O. The molecule has 2 aliphatic rings. The molecule has 0 unspecified atom stereocenters. The van der Waals surface area contributed by atoms with Gasteiger partial charge in [-0.2, -0.15) is 0 Å². The van der Waals surface area contributed by atoms with Crippen molar-refractivity contribution in [3.63, 3.8) is 0 Å². The van der Waals surface area contributed by atoms with Crippen LogP contribution in [0.2, 0.25) is 0 Å². The van der Waals surface area contributed by atoms with Crippen molar-refractivity contribution in [2.24, 2.45) is 11.7 Å². The number of carbonyl (C=O) groups is 1. The van der Waals surface area contributed by atoms with E-state index < -0.39 is 6.10 Å². The first-order valence-corrected chi connectivity index (χ1v) is 8.72. The summed E-state index contributed by atoms with van der Waals surface area (Å²) in [5.74, 6) is -0.344. The predicted octanol–water partition coefficient (Wildman–Crippen LogP) is 1.00. The maximum absolute atomic E-state index is 12.9. The molecule has 0 aromatic heterocycles. The number of hydrogen-bond acceptors (Lipinski definition) is 4. The highest BCUT2D eigenvalue weighted by Gasteiger charge is 2.35. The van der Waals surface area contributed by atoms with Crippen molar-refractivity contribution in [2.75, 3.05) is 13.1 Å². The van der Waals surface area contributed by atoms with Gasteiger partial charge in [0.2, 0.25) is 5.91 Å². The molecule has 132 valence electrons. The number of benzene rings is 1. The van der Waals surface area contributed by atoms with E-state index in [2.05, 4.69) is 10.2 Å². The zero-order valence-corrected chi connectivity index (χ0v) is 13.8. The highest BCUT2D eigenvalue weighted by molar-refractivity contribution is 5.79. The number of rotatable bonds is 4. The van der Waals surface area contributed by atoms with E-state index in [1.54, 1.807) is 0 Å². The molecule has 0 spiro atoms. The molecular weight excluding hydrogens is 309 g/mol. The second kappa shape index (κ2) is 7.59. The maximum Gasteiger partial charge on any atom is 0.223 e. The number of hydrogen-bond donors (Lipinski definition) is 3. The number of aliphatic hydroxyl groups is 1. The van der Waals surface area contributed by atoms with Crippen LogP contribution in [-0.2, 0) is 11.3 Å². The van der Waals surface area contributed by atoms with E-state index in [-0.39, 0.29) is 29.7 Å². The van der Waals surface area contributed by atoms with E-state index in [0.717, 1.165) is 38.0 Å². The van der Waals surface area contributed by atoms with Gasteiger partial charge in [0, 0.05) is 37.6 Å². The van der Waals surface area contributed by atoms with E-state index >= 15 is 0 Å². The Morgan fingerprint density at radius 2 is 1.92 bits per heavy atom. The molecule has 4 N–H and O–H groups in total. The van der Waals surface area contributed by atoms with Crippen molar-refractivity contribution in [1.29, 1.82) is 0 Å². The summed E-state index contributed by atoms with van der Waals surface area (Å²) in [6.07, 6.45) is 2.30. The third-order valence-electron chi connectivity index (χ3n) is 5.20. The van der Waals surface area contributed by atoms with Crippen LogP contribution < -0.4 is 11.1 Å². The topological polar surface area (TPSA) is 78.6 Å². The molecular formula is C18H26FN3O2. The molecule has 3 atom stereocenters. The number of halogens is 1. The van der Waals surface area contributed by atoms with Crippen LogP contribution in [0.4, 0.5) is 4.39 Å². The average Bonchev–Trinajstić information content (AvgIpc) is 2.91. The third kappa shape index (κ3) is 4.32. The van der Waals surface area contributed by atoms with Gasteiger partial charge in [-0.3, -0.25) is 9.69 Å². The van der Waals surface area contributed by atoms with Gasteiger partial charge in [-0.25, -0.2) is 4.39 Å². The van der Waals surface area contributed by atoms with E-state index in [1.165, 1.54) is 12.1 Å². The van der Waals surface area contributed by atoms with Gasteiger partial charge in [0.05, 0.1) is 6.10 Å². The van der Waals surface area contributed by atoms with E-state index in [0.29, 0.717) is 12.8 Å². The Labute approximate surface area is 142 Å². The molecule has 1 aromatic carbocycles. The van der Waals surface area contributed by atoms with Crippen molar-refractivity contribution >= 4 is 5.91 Å². The molecule has 1 saturated carbocycles. The van der Waals surface area contributed by atoms with Crippen LogP contribution in [0.25, 0.3) is 0 Å². The molecule has 2 fully saturated rings. The number of aliphatic hydroxyl groups excluding tert-OH is 1. The van der Waals surface area contributed by atoms with Crippen LogP contribution in [0.5, 0.6) is 0 Å². The van der Waals surface area contributed by atoms with Crippen molar-refractivity contribution in [3.05, 3.63) is 35.6 Å². The lowest BCUT2D eigenvalue weighted by Crippen LogP contribution is -2.46. The largest absolute Gasteiger partial charge is 0.391 e. The highest BCUT2D eigenvalue weighted by atomic mass is 19.1. The monoisotopic (exact) mass is 335 g/mol. The fourth-order valence-corrected chi connectivity index (χ4v) is 3.66. The number of nitrogens with zero attached hydrogens (tertiary/aromatic N) is 1. The fourth-order valence-electron chi connectivity index (χ4n) is 3.66. The van der Waals surface area contributed by atoms with Gasteiger partial charge in [0.15, 0.2) is 0 Å². The molecule has 1 aliphatic heterocycles. The average molecular weight is 335 g/mol. The zero-order valence-electron chi connectivity index (χ0n) is 13.8. The van der Waals surface area contributed by atoms with Crippen LogP contribution in [0.3, 0.4) is 0 Å². The lowest BCUT2D eigenvalue weighted by molar-refractivity contribution is -0.126. The summed E-state index contributed by atoms with van der Waals surface area (Å²) in [5, 5.41) is 12.8. The van der Waals surface area contributed by atoms with Gasteiger partial charge in [0.25, 0.3) is 0 Å². The fraction of sp³-hybridized carbons (Fsp3) is 0.611. The van der Waals surface area contributed by atoms with Crippen molar-refractivity contribution in [1.82, 2.24) is 10.2 Å². The third-order valence-corrected chi connectivity index (χ3v) is 5.20. The first kappa shape index (κ1) is 17.3. The first-order valence-electron chi connectivity index (χ1n) is 8.72. The minimum Gasteiger partial charge on any atom is -0.391 e. The smallest absolute Gasteiger partial charge is 0.223 e. The minimum absolute atomic E-state index is 0.0268. The summed E-state index contributed by atoms with van der Waals surface area (Å²) >= 11 is 0. The normalized spacial score (nSPS) is 28.9. The standard InChI is InChI=1S/C18H26FN3O2/c19-14-3-1-12(2-4-14)11-22-7-5-15(6-8-22)21-18(24)13-9-16(20)17(23)10-13/h1-4,13,15-17,23H,5-11,20H2,(H,21,24)/t13-,16-,17-/m0/s1. The van der Waals surface area contributed by atoms with Crippen molar-refractivity contribution in [3.8, 4) is 0 Å². The molecule has 1 amide bonds. The second-order valence-corrected chi connectivity index (χ2v) is 7.09. The van der Waals surface area contributed by atoms with Crippen LogP contribution in [0.1, 0.15) is 31.2 Å². The van der Waals surface area contributed by atoms with Crippen LogP contribution in [-0.4, -0.2) is 47.2 Å². The Balaban J connectivity index is 1.42. The maximum atomic E-state index is 12.9. The summed E-state index contributed by atoms with van der Waals surface area (Å²) < 4.78 is 12.9. The first-order chi connectivity index (χ1) is 11.5.